The van der Waals surface area contributed by atoms with Gasteiger partial charge in [-0.2, -0.15) is 0 Å². The molecule has 2 unspecified atom stereocenters. The van der Waals surface area contributed by atoms with Gasteiger partial charge in [-0.3, -0.25) is 4.79 Å². The highest BCUT2D eigenvalue weighted by Crippen LogP contribution is 2.31. The normalized spacial score (nSPS) is 18.4. The second-order valence-corrected chi connectivity index (χ2v) is 5.65. The minimum Gasteiger partial charge on any atom is -0.493 e. The summed E-state index contributed by atoms with van der Waals surface area (Å²) in [7, 11) is 1.61. The number of hydrogen-bond donors (Lipinski definition) is 2. The van der Waals surface area contributed by atoms with Crippen molar-refractivity contribution < 1.29 is 19.4 Å². The Bertz CT molecular complexity index is 547. The van der Waals surface area contributed by atoms with Crippen LogP contribution in [0.2, 0.25) is 0 Å². The first-order chi connectivity index (χ1) is 10.5. The molecule has 2 atom stereocenters. The van der Waals surface area contributed by atoms with Crippen molar-refractivity contribution in [3.8, 4) is 5.75 Å². The minimum atomic E-state index is -0.909. The minimum absolute atomic E-state index is 0.117. The van der Waals surface area contributed by atoms with E-state index in [-0.39, 0.29) is 18.6 Å². The molecule has 1 aliphatic rings. The molecule has 0 saturated heterocycles. The van der Waals surface area contributed by atoms with Gasteiger partial charge in [0, 0.05) is 19.2 Å². The number of carbonyl (C=O) groups excluding carboxylic acids is 1. The second kappa shape index (κ2) is 7.15. The molecule has 6 heteroatoms. The Morgan fingerprint density at radius 1 is 1.45 bits per heavy atom. The van der Waals surface area contributed by atoms with Crippen LogP contribution < -0.4 is 10.1 Å². The van der Waals surface area contributed by atoms with Gasteiger partial charge in [-0.15, -0.1) is 0 Å². The predicted octanol–water partition coefficient (Wildman–Crippen LogP) is 2.26. The maximum absolute atomic E-state index is 12.3. The van der Waals surface area contributed by atoms with Crippen molar-refractivity contribution in [2.75, 3.05) is 20.2 Å². The maximum atomic E-state index is 12.3. The quantitative estimate of drug-likeness (QED) is 0.894. The Kier molecular flexibility index (Phi) is 5.25. The van der Waals surface area contributed by atoms with Crippen LogP contribution in [0.1, 0.15) is 31.4 Å². The largest absolute Gasteiger partial charge is 0.493 e. The molecule has 2 rings (SSSR count). The van der Waals surface area contributed by atoms with E-state index in [9.17, 15) is 9.59 Å². The standard InChI is InChI=1S/C16H22N2O4/c1-11(15(19)20)10-18(2)16(21)17-13-7-5-9-22-14-8-4-3-6-12(13)14/h3-4,6,8,11,13H,5,7,9-10H2,1-2H3,(H,17,21)(H,19,20). The molecule has 1 aliphatic heterocycles. The molecule has 0 fully saturated rings. The first-order valence-corrected chi connectivity index (χ1v) is 7.45. The molecule has 22 heavy (non-hydrogen) atoms. The van der Waals surface area contributed by atoms with Crippen LogP contribution in [0.5, 0.6) is 5.75 Å². The maximum Gasteiger partial charge on any atom is 0.317 e. The molecule has 0 saturated carbocycles. The van der Waals surface area contributed by atoms with Crippen LogP contribution >= 0.6 is 0 Å². The molecule has 0 radical (unpaired) electrons. The van der Waals surface area contributed by atoms with Crippen molar-refractivity contribution in [2.24, 2.45) is 5.92 Å². The van der Waals surface area contributed by atoms with Crippen LogP contribution in [0.25, 0.3) is 0 Å². The highest BCUT2D eigenvalue weighted by molar-refractivity contribution is 5.76. The lowest BCUT2D eigenvalue weighted by atomic mass is 10.0. The van der Waals surface area contributed by atoms with Crippen LogP contribution in [0.4, 0.5) is 4.79 Å². The van der Waals surface area contributed by atoms with Gasteiger partial charge < -0.3 is 20.1 Å². The Morgan fingerprint density at radius 2 is 2.18 bits per heavy atom. The molecule has 2 amide bonds. The van der Waals surface area contributed by atoms with Gasteiger partial charge in [0.2, 0.25) is 0 Å². The molecule has 1 heterocycles. The highest BCUT2D eigenvalue weighted by atomic mass is 16.5. The van der Waals surface area contributed by atoms with Gasteiger partial charge in [0.05, 0.1) is 18.6 Å². The molecule has 0 bridgehead atoms. The lowest BCUT2D eigenvalue weighted by Gasteiger charge is -2.24. The average molecular weight is 306 g/mol. The van der Waals surface area contributed by atoms with Crippen molar-refractivity contribution in [2.45, 2.75) is 25.8 Å². The first kappa shape index (κ1) is 16.1. The number of fused-ring (bicyclic) bond motifs is 1. The van der Waals surface area contributed by atoms with E-state index in [2.05, 4.69) is 5.32 Å². The van der Waals surface area contributed by atoms with Crippen molar-refractivity contribution in [1.29, 1.82) is 0 Å². The number of nitrogens with zero attached hydrogens (tertiary/aromatic N) is 1. The zero-order chi connectivity index (χ0) is 16.1. The van der Waals surface area contributed by atoms with Gasteiger partial charge in [-0.1, -0.05) is 25.1 Å². The SMILES string of the molecule is CC(CN(C)C(=O)NC1CCCOc2ccccc21)C(=O)O. The van der Waals surface area contributed by atoms with E-state index in [1.165, 1.54) is 4.90 Å². The first-order valence-electron chi connectivity index (χ1n) is 7.45. The molecule has 120 valence electrons. The van der Waals surface area contributed by atoms with Gasteiger partial charge >= 0.3 is 12.0 Å². The zero-order valence-corrected chi connectivity index (χ0v) is 12.9. The van der Waals surface area contributed by atoms with Gasteiger partial charge in [0.15, 0.2) is 0 Å². The van der Waals surface area contributed by atoms with Gasteiger partial charge in [0.25, 0.3) is 0 Å². The third-order valence-corrected chi connectivity index (χ3v) is 3.80. The summed E-state index contributed by atoms with van der Waals surface area (Å²) in [6.07, 6.45) is 1.65. The van der Waals surface area contributed by atoms with Crippen molar-refractivity contribution in [1.82, 2.24) is 10.2 Å². The lowest BCUT2D eigenvalue weighted by Crippen LogP contribution is -2.42. The molecular weight excluding hydrogens is 284 g/mol. The third kappa shape index (κ3) is 3.90. The summed E-state index contributed by atoms with van der Waals surface area (Å²) in [6.45, 7) is 2.39. The van der Waals surface area contributed by atoms with E-state index in [1.807, 2.05) is 24.3 Å². The Balaban J connectivity index is 2.03. The van der Waals surface area contributed by atoms with Crippen LogP contribution in [0.15, 0.2) is 24.3 Å². The predicted molar refractivity (Wildman–Crippen MR) is 81.9 cm³/mol. The summed E-state index contributed by atoms with van der Waals surface area (Å²) in [6, 6.07) is 7.29. The van der Waals surface area contributed by atoms with E-state index in [4.69, 9.17) is 9.84 Å². The number of benzene rings is 1. The fraction of sp³-hybridized carbons (Fsp3) is 0.500. The number of para-hydroxylation sites is 1. The number of amides is 2. The zero-order valence-electron chi connectivity index (χ0n) is 12.9. The topological polar surface area (TPSA) is 78.9 Å². The summed E-state index contributed by atoms with van der Waals surface area (Å²) in [5.74, 6) is -0.708. The Hall–Kier alpha value is -2.24. The number of carbonyl (C=O) groups is 2. The molecular formula is C16H22N2O4. The summed E-state index contributed by atoms with van der Waals surface area (Å²) in [4.78, 5) is 24.6. The van der Waals surface area contributed by atoms with Gasteiger partial charge in [-0.25, -0.2) is 4.79 Å². The number of hydrogen-bond acceptors (Lipinski definition) is 3. The Morgan fingerprint density at radius 3 is 2.91 bits per heavy atom. The van der Waals surface area contributed by atoms with E-state index < -0.39 is 11.9 Å². The summed E-state index contributed by atoms with van der Waals surface area (Å²) >= 11 is 0. The molecule has 2 N–H and O–H groups in total. The van der Waals surface area contributed by atoms with Crippen LogP contribution in [0.3, 0.4) is 0 Å². The van der Waals surface area contributed by atoms with E-state index >= 15 is 0 Å². The average Bonchev–Trinajstić information content (AvgIpc) is 2.69. The summed E-state index contributed by atoms with van der Waals surface area (Å²) < 4.78 is 5.67. The van der Waals surface area contributed by atoms with Crippen LogP contribution in [0, 0.1) is 5.92 Å². The molecule has 6 nitrogen and oxygen atoms in total. The number of ether oxygens (including phenoxy) is 1. The smallest absolute Gasteiger partial charge is 0.317 e. The van der Waals surface area contributed by atoms with Crippen LogP contribution in [-0.4, -0.2) is 42.2 Å². The number of rotatable bonds is 4. The summed E-state index contributed by atoms with van der Waals surface area (Å²) in [5.41, 5.74) is 0.966. The number of nitrogens with one attached hydrogen (secondary N) is 1. The van der Waals surface area contributed by atoms with E-state index in [0.717, 1.165) is 24.2 Å². The third-order valence-electron chi connectivity index (χ3n) is 3.80. The monoisotopic (exact) mass is 306 g/mol. The molecule has 1 aromatic rings. The number of carboxylic acid groups (broad SMARTS) is 1. The summed E-state index contributed by atoms with van der Waals surface area (Å²) in [5, 5.41) is 11.9. The van der Waals surface area contributed by atoms with E-state index in [1.54, 1.807) is 14.0 Å². The van der Waals surface area contributed by atoms with Crippen LogP contribution in [-0.2, 0) is 4.79 Å². The van der Waals surface area contributed by atoms with Crippen molar-refractivity contribution >= 4 is 12.0 Å². The molecule has 1 aromatic carbocycles. The lowest BCUT2D eigenvalue weighted by molar-refractivity contribution is -0.141. The fourth-order valence-corrected chi connectivity index (χ4v) is 2.51. The van der Waals surface area contributed by atoms with Crippen molar-refractivity contribution in [3.63, 3.8) is 0 Å². The fourth-order valence-electron chi connectivity index (χ4n) is 2.51. The number of aliphatic carboxylic acids is 1. The number of carboxylic acids is 1. The van der Waals surface area contributed by atoms with Gasteiger partial charge in [0.1, 0.15) is 5.75 Å². The molecule has 0 aromatic heterocycles. The van der Waals surface area contributed by atoms with E-state index in [0.29, 0.717) is 6.61 Å². The second-order valence-electron chi connectivity index (χ2n) is 5.65. The Labute approximate surface area is 130 Å². The highest BCUT2D eigenvalue weighted by Gasteiger charge is 2.23. The molecule has 0 spiro atoms. The van der Waals surface area contributed by atoms with Gasteiger partial charge in [-0.05, 0) is 18.9 Å². The molecule has 0 aliphatic carbocycles. The van der Waals surface area contributed by atoms with Crippen molar-refractivity contribution in [3.05, 3.63) is 29.8 Å². The number of urea groups is 1.